The summed E-state index contributed by atoms with van der Waals surface area (Å²) in [7, 11) is 3.02. The van der Waals surface area contributed by atoms with Crippen LogP contribution in [0.4, 0.5) is 0 Å². The lowest BCUT2D eigenvalue weighted by molar-refractivity contribution is -0.108. The molecule has 0 fully saturated rings. The summed E-state index contributed by atoms with van der Waals surface area (Å²) in [6.07, 6.45) is -0.631. The van der Waals surface area contributed by atoms with E-state index in [0.29, 0.717) is 18.1 Å². The van der Waals surface area contributed by atoms with Gasteiger partial charge in [-0.25, -0.2) is 14.8 Å². The Morgan fingerprint density at radius 3 is 2.37 bits per heavy atom. The van der Waals surface area contributed by atoms with Gasteiger partial charge in [0.2, 0.25) is 6.29 Å². The lowest BCUT2D eigenvalue weighted by Crippen LogP contribution is -2.15. The third kappa shape index (κ3) is 3.97. The number of hydrogen-bond acceptors (Lipinski definition) is 6. The van der Waals surface area contributed by atoms with E-state index in [1.54, 1.807) is 6.92 Å². The van der Waals surface area contributed by atoms with Gasteiger partial charge in [-0.3, -0.25) is 0 Å². The van der Waals surface area contributed by atoms with E-state index in [-0.39, 0.29) is 11.6 Å². The quantitative estimate of drug-likeness (QED) is 0.581. The number of aromatic nitrogens is 2. The molecule has 1 aromatic rings. The van der Waals surface area contributed by atoms with Crippen molar-refractivity contribution in [3.63, 3.8) is 0 Å². The number of esters is 1. The van der Waals surface area contributed by atoms with Gasteiger partial charge in [0, 0.05) is 20.1 Å². The number of carbonyl (C=O) groups excluding carboxylic acids is 1. The van der Waals surface area contributed by atoms with Gasteiger partial charge < -0.3 is 14.2 Å². The second kappa shape index (κ2) is 7.16. The summed E-state index contributed by atoms with van der Waals surface area (Å²) in [4.78, 5) is 20.3. The lowest BCUT2D eigenvalue weighted by Gasteiger charge is -2.15. The molecule has 106 valence electrons. The van der Waals surface area contributed by atoms with Crippen LogP contribution in [-0.2, 0) is 14.2 Å². The first-order chi connectivity index (χ1) is 9.03. The monoisotopic (exact) mass is 268 g/mol. The second-order valence-electron chi connectivity index (χ2n) is 4.21. The first-order valence-corrected chi connectivity index (χ1v) is 6.15. The Kier molecular flexibility index (Phi) is 5.85. The maximum atomic E-state index is 11.8. The minimum atomic E-state index is -0.631. The minimum absolute atomic E-state index is 0.0856. The first-order valence-electron chi connectivity index (χ1n) is 6.15. The van der Waals surface area contributed by atoms with Crippen LogP contribution in [0.25, 0.3) is 0 Å². The molecule has 0 aliphatic carbocycles. The van der Waals surface area contributed by atoms with Gasteiger partial charge in [-0.05, 0) is 13.0 Å². The average Bonchev–Trinajstić information content (AvgIpc) is 2.40. The van der Waals surface area contributed by atoms with E-state index in [4.69, 9.17) is 14.2 Å². The highest BCUT2D eigenvalue weighted by Crippen LogP contribution is 2.19. The molecule has 1 heterocycles. The third-order valence-electron chi connectivity index (χ3n) is 2.43. The molecular formula is C13H20N2O4. The summed E-state index contributed by atoms with van der Waals surface area (Å²) in [5.74, 6) is 0.168. The Bertz CT molecular complexity index is 431. The van der Waals surface area contributed by atoms with Gasteiger partial charge >= 0.3 is 5.97 Å². The fourth-order valence-corrected chi connectivity index (χ4v) is 1.51. The molecular weight excluding hydrogens is 248 g/mol. The fourth-order valence-electron chi connectivity index (χ4n) is 1.51. The topological polar surface area (TPSA) is 70.5 Å². The summed E-state index contributed by atoms with van der Waals surface area (Å²) in [5.41, 5.74) is 0.724. The Labute approximate surface area is 113 Å². The number of carbonyl (C=O) groups is 1. The van der Waals surface area contributed by atoms with Crippen LogP contribution in [0.2, 0.25) is 0 Å². The van der Waals surface area contributed by atoms with Crippen LogP contribution in [0.5, 0.6) is 0 Å². The molecule has 1 rings (SSSR count). The molecule has 0 aliphatic heterocycles. The smallest absolute Gasteiger partial charge is 0.357 e. The summed E-state index contributed by atoms with van der Waals surface area (Å²) >= 11 is 0. The number of ether oxygens (including phenoxy) is 3. The van der Waals surface area contributed by atoms with Gasteiger partial charge in [-0.1, -0.05) is 13.8 Å². The van der Waals surface area contributed by atoms with Crippen molar-refractivity contribution in [1.82, 2.24) is 9.97 Å². The standard InChI is InChI=1S/C13H20N2O4/c1-6-19-12(16)9-7-10(13(17-4)18-5)15-11(14-9)8(2)3/h7-8,13H,6H2,1-5H3. The Hall–Kier alpha value is -1.53. The van der Waals surface area contributed by atoms with E-state index in [9.17, 15) is 4.79 Å². The van der Waals surface area contributed by atoms with Gasteiger partial charge in [0.05, 0.1) is 6.61 Å². The predicted molar refractivity (Wildman–Crippen MR) is 68.8 cm³/mol. The Morgan fingerprint density at radius 1 is 1.26 bits per heavy atom. The van der Waals surface area contributed by atoms with Crippen LogP contribution in [0, 0.1) is 0 Å². The molecule has 0 atom stereocenters. The van der Waals surface area contributed by atoms with E-state index in [1.165, 1.54) is 20.3 Å². The highest BCUT2D eigenvalue weighted by atomic mass is 16.7. The molecule has 0 bridgehead atoms. The molecule has 6 heteroatoms. The maximum absolute atomic E-state index is 11.8. The molecule has 1 aromatic heterocycles. The largest absolute Gasteiger partial charge is 0.461 e. The van der Waals surface area contributed by atoms with Gasteiger partial charge in [-0.2, -0.15) is 0 Å². The van der Waals surface area contributed by atoms with Crippen LogP contribution in [0.1, 0.15) is 55.0 Å². The van der Waals surface area contributed by atoms with E-state index < -0.39 is 12.3 Å². The summed E-state index contributed by atoms with van der Waals surface area (Å²) < 4.78 is 15.3. The average molecular weight is 268 g/mol. The van der Waals surface area contributed by atoms with E-state index in [0.717, 1.165) is 0 Å². The van der Waals surface area contributed by atoms with Crippen LogP contribution in [0.15, 0.2) is 6.07 Å². The zero-order valence-corrected chi connectivity index (χ0v) is 12.0. The molecule has 0 saturated heterocycles. The van der Waals surface area contributed by atoms with Gasteiger partial charge in [-0.15, -0.1) is 0 Å². The van der Waals surface area contributed by atoms with E-state index >= 15 is 0 Å². The highest BCUT2D eigenvalue weighted by molar-refractivity contribution is 5.87. The number of rotatable bonds is 6. The van der Waals surface area contributed by atoms with E-state index in [1.807, 2.05) is 13.8 Å². The summed E-state index contributed by atoms with van der Waals surface area (Å²) in [5, 5.41) is 0. The van der Waals surface area contributed by atoms with Crippen molar-refractivity contribution in [1.29, 1.82) is 0 Å². The minimum Gasteiger partial charge on any atom is -0.461 e. The van der Waals surface area contributed by atoms with Crippen molar-refractivity contribution in [2.75, 3.05) is 20.8 Å². The van der Waals surface area contributed by atoms with Crippen LogP contribution < -0.4 is 0 Å². The fraction of sp³-hybridized carbons (Fsp3) is 0.615. The van der Waals surface area contributed by atoms with Crippen LogP contribution in [-0.4, -0.2) is 36.8 Å². The zero-order valence-electron chi connectivity index (χ0n) is 12.0. The molecule has 0 radical (unpaired) electrons. The van der Waals surface area contributed by atoms with Crippen molar-refractivity contribution in [2.45, 2.75) is 33.0 Å². The third-order valence-corrected chi connectivity index (χ3v) is 2.43. The SMILES string of the molecule is CCOC(=O)c1cc(C(OC)OC)nc(C(C)C)n1. The molecule has 6 nitrogen and oxygen atoms in total. The van der Waals surface area contributed by atoms with Gasteiger partial charge in [0.1, 0.15) is 11.5 Å². The van der Waals surface area contributed by atoms with Gasteiger partial charge in [0.25, 0.3) is 0 Å². The second-order valence-corrected chi connectivity index (χ2v) is 4.21. The highest BCUT2D eigenvalue weighted by Gasteiger charge is 2.19. The summed E-state index contributed by atoms with van der Waals surface area (Å²) in [6, 6.07) is 1.53. The van der Waals surface area contributed by atoms with Crippen LogP contribution >= 0.6 is 0 Å². The van der Waals surface area contributed by atoms with Crippen molar-refractivity contribution in [3.8, 4) is 0 Å². The van der Waals surface area contributed by atoms with Crippen molar-refractivity contribution < 1.29 is 19.0 Å². The van der Waals surface area contributed by atoms with Crippen molar-refractivity contribution in [3.05, 3.63) is 23.3 Å². The molecule has 0 N–H and O–H groups in total. The molecule has 0 saturated carbocycles. The molecule has 0 amide bonds. The molecule has 0 unspecified atom stereocenters. The lowest BCUT2D eigenvalue weighted by atomic mass is 10.2. The summed E-state index contributed by atoms with van der Waals surface area (Å²) in [6.45, 7) is 5.94. The number of methoxy groups -OCH3 is 2. The van der Waals surface area contributed by atoms with Gasteiger partial charge in [0.15, 0.2) is 5.69 Å². The van der Waals surface area contributed by atoms with Crippen LogP contribution in [0.3, 0.4) is 0 Å². The van der Waals surface area contributed by atoms with E-state index in [2.05, 4.69) is 9.97 Å². The zero-order chi connectivity index (χ0) is 14.4. The number of hydrogen-bond donors (Lipinski definition) is 0. The maximum Gasteiger partial charge on any atom is 0.357 e. The molecule has 0 aromatic carbocycles. The first kappa shape index (κ1) is 15.5. The predicted octanol–water partition coefficient (Wildman–Crippen LogP) is 2.07. The Morgan fingerprint density at radius 2 is 1.89 bits per heavy atom. The normalized spacial score (nSPS) is 11.1. The Balaban J connectivity index is 3.21. The molecule has 0 spiro atoms. The molecule has 0 aliphatic rings. The molecule has 19 heavy (non-hydrogen) atoms. The van der Waals surface area contributed by atoms with Crippen molar-refractivity contribution in [2.24, 2.45) is 0 Å². The number of nitrogens with zero attached hydrogens (tertiary/aromatic N) is 2. The van der Waals surface area contributed by atoms with Crippen molar-refractivity contribution >= 4 is 5.97 Å².